The zero-order valence-corrected chi connectivity index (χ0v) is 20.8. The number of halogens is 1. The zero-order valence-electron chi connectivity index (χ0n) is 20.0. The van der Waals surface area contributed by atoms with E-state index in [0.29, 0.717) is 23.5 Å². The Bertz CT molecular complexity index is 1500. The smallest absolute Gasteiger partial charge is 0.258 e. The number of aliphatic hydroxyl groups excluding tert-OH is 1. The largest absolute Gasteiger partial charge is 0.512 e. The molecule has 2 N–H and O–H groups in total. The molecular weight excluding hydrogens is 474 g/mol. The summed E-state index contributed by atoms with van der Waals surface area (Å²) in [5.74, 6) is 2.03. The molecule has 0 spiro atoms. The molecule has 36 heavy (non-hydrogen) atoms. The van der Waals surface area contributed by atoms with Crippen molar-refractivity contribution in [1.29, 1.82) is 0 Å². The molecule has 0 saturated heterocycles. The van der Waals surface area contributed by atoms with Crippen LogP contribution in [0.3, 0.4) is 0 Å². The molecule has 0 saturated carbocycles. The van der Waals surface area contributed by atoms with Crippen molar-refractivity contribution in [3.8, 4) is 17.1 Å². The van der Waals surface area contributed by atoms with Gasteiger partial charge in [-0.3, -0.25) is 4.79 Å². The highest BCUT2D eigenvalue weighted by Crippen LogP contribution is 2.48. The number of aromatic nitrogens is 2. The van der Waals surface area contributed by atoms with E-state index >= 15 is 0 Å². The van der Waals surface area contributed by atoms with E-state index in [9.17, 15) is 9.90 Å². The van der Waals surface area contributed by atoms with E-state index in [-0.39, 0.29) is 29.4 Å². The summed E-state index contributed by atoms with van der Waals surface area (Å²) in [6.07, 6.45) is 7.83. The Morgan fingerprint density at radius 1 is 1.25 bits per heavy atom. The molecule has 3 aliphatic rings. The summed E-state index contributed by atoms with van der Waals surface area (Å²) in [5.41, 5.74) is 6.13. The number of hydrogen-bond donors (Lipinski definition) is 2. The van der Waals surface area contributed by atoms with Gasteiger partial charge in [0.05, 0.1) is 18.1 Å². The summed E-state index contributed by atoms with van der Waals surface area (Å²) in [4.78, 5) is 23.6. The van der Waals surface area contributed by atoms with Crippen molar-refractivity contribution in [1.82, 2.24) is 14.9 Å². The normalized spacial score (nSPS) is 22.9. The van der Waals surface area contributed by atoms with E-state index in [2.05, 4.69) is 18.0 Å². The number of rotatable bonds is 4. The Morgan fingerprint density at radius 3 is 2.81 bits per heavy atom. The number of hydrogen-bond acceptors (Lipinski definition) is 4. The number of allylic oxidation sites excluding steroid dienone is 5. The van der Waals surface area contributed by atoms with Gasteiger partial charge < -0.3 is 19.7 Å². The maximum absolute atomic E-state index is 13.8. The number of aromatic amines is 1. The third kappa shape index (κ3) is 3.56. The van der Waals surface area contributed by atoms with Crippen LogP contribution < -0.4 is 4.74 Å². The second-order valence-corrected chi connectivity index (χ2v) is 9.83. The Kier molecular flexibility index (Phi) is 5.49. The molecule has 3 aromatic rings. The van der Waals surface area contributed by atoms with Crippen LogP contribution in [0, 0.1) is 17.8 Å². The van der Waals surface area contributed by atoms with E-state index in [4.69, 9.17) is 21.3 Å². The van der Waals surface area contributed by atoms with Crippen LogP contribution in [0.5, 0.6) is 5.75 Å². The summed E-state index contributed by atoms with van der Waals surface area (Å²) < 4.78 is 5.24. The zero-order chi connectivity index (χ0) is 25.0. The van der Waals surface area contributed by atoms with Gasteiger partial charge in [-0.1, -0.05) is 23.8 Å². The van der Waals surface area contributed by atoms with Crippen LogP contribution in [0.1, 0.15) is 17.3 Å². The summed E-state index contributed by atoms with van der Waals surface area (Å²) in [5, 5.41) is 10.8. The molecule has 6 nitrogen and oxygen atoms in total. The molecule has 2 heterocycles. The highest BCUT2D eigenvalue weighted by Gasteiger charge is 2.44. The standard InChI is InChI=1S/C29H26ClN3O3/c1-16-4-3-5-21-25(34)13-24-27(26(16)21)19(14-30)15-33(24)29(35)18-8-11-22-23(12-18)32-28(31-22)17-6-9-20(36-2)10-7-17/h3-13,19,21,26,34H,14-15H2,1-2H3,(H,31,32)/t19-,21?,26?/m1/s1. The number of ether oxygens (including phenoxy) is 1. The molecule has 6 rings (SSSR count). The van der Waals surface area contributed by atoms with Crippen LogP contribution in [-0.4, -0.2) is 45.4 Å². The third-order valence-electron chi connectivity index (χ3n) is 7.44. The number of methoxy groups -OCH3 is 1. The van der Waals surface area contributed by atoms with E-state index in [1.807, 2.05) is 54.6 Å². The van der Waals surface area contributed by atoms with E-state index in [1.54, 1.807) is 18.1 Å². The lowest BCUT2D eigenvalue weighted by molar-refractivity contribution is 0.0815. The third-order valence-corrected chi connectivity index (χ3v) is 7.82. The summed E-state index contributed by atoms with van der Waals surface area (Å²) >= 11 is 6.40. The Morgan fingerprint density at radius 2 is 2.06 bits per heavy atom. The SMILES string of the molecule is COc1ccc(-c2nc3cc(C(=O)N4C[C@@H](CCl)C5=C4C=C(O)C4C=CC=C(C)C54)ccc3[nH]2)cc1. The fourth-order valence-electron chi connectivity index (χ4n) is 5.63. The van der Waals surface area contributed by atoms with Gasteiger partial charge in [-0.2, -0.15) is 0 Å². The molecule has 2 unspecified atom stereocenters. The molecule has 0 bridgehead atoms. The van der Waals surface area contributed by atoms with Crippen LogP contribution in [0.25, 0.3) is 22.4 Å². The number of imidazole rings is 1. The molecule has 1 aliphatic heterocycles. The molecule has 1 amide bonds. The molecule has 2 aliphatic carbocycles. The number of amides is 1. The number of H-pyrrole nitrogens is 1. The average Bonchev–Trinajstić information content (AvgIpc) is 3.49. The number of carbonyl (C=O) groups is 1. The number of carbonyl (C=O) groups excluding carboxylic acids is 1. The molecule has 1 aromatic heterocycles. The van der Waals surface area contributed by atoms with E-state index < -0.39 is 0 Å². The van der Waals surface area contributed by atoms with Gasteiger partial charge in [0.1, 0.15) is 17.3 Å². The second-order valence-electron chi connectivity index (χ2n) is 9.52. The Balaban J connectivity index is 1.35. The van der Waals surface area contributed by atoms with Crippen molar-refractivity contribution in [2.24, 2.45) is 17.8 Å². The minimum Gasteiger partial charge on any atom is -0.512 e. The van der Waals surface area contributed by atoms with Gasteiger partial charge in [-0.05, 0) is 55.0 Å². The van der Waals surface area contributed by atoms with Crippen LogP contribution in [0.2, 0.25) is 0 Å². The fraction of sp³-hybridized carbons (Fsp3) is 0.241. The predicted molar refractivity (Wildman–Crippen MR) is 141 cm³/mol. The summed E-state index contributed by atoms with van der Waals surface area (Å²) in [6, 6.07) is 13.2. The van der Waals surface area contributed by atoms with Gasteiger partial charge in [0.15, 0.2) is 0 Å². The number of alkyl halides is 1. The number of fused-ring (bicyclic) bond motifs is 3. The first-order valence-electron chi connectivity index (χ1n) is 12.0. The van der Waals surface area contributed by atoms with Crippen LogP contribution >= 0.6 is 11.6 Å². The van der Waals surface area contributed by atoms with Gasteiger partial charge >= 0.3 is 0 Å². The molecule has 3 atom stereocenters. The number of benzene rings is 2. The lowest BCUT2D eigenvalue weighted by Gasteiger charge is -2.34. The molecule has 0 radical (unpaired) electrons. The first-order chi connectivity index (χ1) is 17.5. The van der Waals surface area contributed by atoms with Crippen molar-refractivity contribution >= 4 is 28.5 Å². The van der Waals surface area contributed by atoms with Crippen molar-refractivity contribution in [2.45, 2.75) is 6.92 Å². The van der Waals surface area contributed by atoms with Crippen molar-refractivity contribution in [2.75, 3.05) is 19.5 Å². The number of nitrogens with zero attached hydrogens (tertiary/aromatic N) is 2. The van der Waals surface area contributed by atoms with Gasteiger partial charge in [-0.25, -0.2) is 4.98 Å². The lowest BCUT2D eigenvalue weighted by atomic mass is 9.71. The van der Waals surface area contributed by atoms with Crippen molar-refractivity contribution in [3.05, 3.63) is 94.9 Å². The minimum absolute atomic E-state index is 0.0254. The first kappa shape index (κ1) is 22.7. The predicted octanol–water partition coefficient (Wildman–Crippen LogP) is 6.01. The molecule has 2 aromatic carbocycles. The van der Waals surface area contributed by atoms with Crippen LogP contribution in [0.4, 0.5) is 0 Å². The Labute approximate surface area is 214 Å². The van der Waals surface area contributed by atoms with Gasteiger partial charge in [0, 0.05) is 53.1 Å². The second kappa shape index (κ2) is 8.71. The summed E-state index contributed by atoms with van der Waals surface area (Å²) in [7, 11) is 1.64. The van der Waals surface area contributed by atoms with Crippen LogP contribution in [0.15, 0.2) is 89.4 Å². The van der Waals surface area contributed by atoms with E-state index in [0.717, 1.165) is 33.9 Å². The van der Waals surface area contributed by atoms with E-state index in [1.165, 1.54) is 5.57 Å². The number of nitrogens with one attached hydrogen (secondary N) is 1. The monoisotopic (exact) mass is 499 g/mol. The van der Waals surface area contributed by atoms with Gasteiger partial charge in [-0.15, -0.1) is 11.6 Å². The minimum atomic E-state index is -0.124. The topological polar surface area (TPSA) is 78.4 Å². The molecule has 0 fully saturated rings. The number of aliphatic hydroxyl groups is 1. The summed E-state index contributed by atoms with van der Waals surface area (Å²) in [6.45, 7) is 2.57. The maximum atomic E-state index is 13.8. The quantitative estimate of drug-likeness (QED) is 0.431. The van der Waals surface area contributed by atoms with Crippen molar-refractivity contribution in [3.63, 3.8) is 0 Å². The van der Waals surface area contributed by atoms with Gasteiger partial charge in [0.25, 0.3) is 5.91 Å². The van der Waals surface area contributed by atoms with Crippen LogP contribution in [-0.2, 0) is 0 Å². The molecular formula is C29H26ClN3O3. The van der Waals surface area contributed by atoms with Crippen molar-refractivity contribution < 1.29 is 14.6 Å². The Hall–Kier alpha value is -3.77. The highest BCUT2D eigenvalue weighted by atomic mass is 35.5. The average molecular weight is 500 g/mol. The molecule has 182 valence electrons. The first-order valence-corrected chi connectivity index (χ1v) is 12.5. The lowest BCUT2D eigenvalue weighted by Crippen LogP contribution is -2.30. The van der Waals surface area contributed by atoms with Gasteiger partial charge in [0.2, 0.25) is 0 Å². The fourth-order valence-corrected chi connectivity index (χ4v) is 5.89. The highest BCUT2D eigenvalue weighted by molar-refractivity contribution is 6.18. The maximum Gasteiger partial charge on any atom is 0.258 e. The molecule has 7 heteroatoms.